The second kappa shape index (κ2) is 4.78. The third kappa shape index (κ3) is 2.01. The highest BCUT2D eigenvalue weighted by molar-refractivity contribution is 6.42. The summed E-state index contributed by atoms with van der Waals surface area (Å²) in [4.78, 5) is 1.98. The molecule has 2 aliphatic rings. The first-order valence-electron chi connectivity index (χ1n) is 5.90. The highest BCUT2D eigenvalue weighted by Gasteiger charge is 2.27. The fraction of sp³-hybridized carbons (Fsp3) is 0.0714. The highest BCUT2D eigenvalue weighted by Crippen LogP contribution is 2.35. The van der Waals surface area contributed by atoms with Gasteiger partial charge in [0, 0.05) is 29.2 Å². The van der Waals surface area contributed by atoms with Crippen molar-refractivity contribution in [2.45, 2.75) is 0 Å². The van der Waals surface area contributed by atoms with Gasteiger partial charge in [-0.05, 0) is 18.2 Å². The SMILES string of the molecule is N#CC1=CNC(N)=C2CN(c3ccc(Cl)c(Cl)c3)C=C12. The third-order valence-corrected chi connectivity index (χ3v) is 4.02. The van der Waals surface area contributed by atoms with Crippen LogP contribution >= 0.6 is 23.2 Å². The molecule has 0 amide bonds. The van der Waals surface area contributed by atoms with Gasteiger partial charge < -0.3 is 16.0 Å². The standard InChI is InChI=1S/C14H10Cl2N4/c15-12-2-1-9(3-13(12)16)20-6-10-8(4-17)5-19-14(18)11(10)7-20/h1-3,5-6,19H,7,18H2. The first-order chi connectivity index (χ1) is 9.60. The smallest absolute Gasteiger partial charge is 0.106 e. The molecule has 20 heavy (non-hydrogen) atoms. The number of allylic oxidation sites excluding steroid dienone is 1. The van der Waals surface area contributed by atoms with Crippen LogP contribution in [0.15, 0.2) is 53.1 Å². The summed E-state index contributed by atoms with van der Waals surface area (Å²) >= 11 is 12.0. The Morgan fingerprint density at radius 1 is 1.30 bits per heavy atom. The van der Waals surface area contributed by atoms with E-state index in [1.54, 1.807) is 18.3 Å². The monoisotopic (exact) mass is 304 g/mol. The fourth-order valence-corrected chi connectivity index (χ4v) is 2.53. The van der Waals surface area contributed by atoms with Gasteiger partial charge in [-0.25, -0.2) is 0 Å². The van der Waals surface area contributed by atoms with Crippen molar-refractivity contribution in [3.8, 4) is 6.07 Å². The van der Waals surface area contributed by atoms with Crippen LogP contribution in [0.4, 0.5) is 5.69 Å². The molecule has 0 unspecified atom stereocenters. The van der Waals surface area contributed by atoms with Crippen LogP contribution in [-0.2, 0) is 0 Å². The third-order valence-electron chi connectivity index (χ3n) is 3.28. The number of nitrogens with one attached hydrogen (secondary N) is 1. The number of anilines is 1. The van der Waals surface area contributed by atoms with Gasteiger partial charge in [0.15, 0.2) is 0 Å². The topological polar surface area (TPSA) is 65.1 Å². The molecule has 6 heteroatoms. The van der Waals surface area contributed by atoms with E-state index < -0.39 is 0 Å². The minimum atomic E-state index is 0.494. The first-order valence-corrected chi connectivity index (χ1v) is 6.65. The lowest BCUT2D eigenvalue weighted by molar-refractivity contribution is 0.947. The number of nitrogens with two attached hydrogens (primary N) is 1. The molecular weight excluding hydrogens is 295 g/mol. The molecule has 0 fully saturated rings. The van der Waals surface area contributed by atoms with Gasteiger partial charge in [-0.1, -0.05) is 23.2 Å². The molecule has 0 saturated carbocycles. The number of halogens is 2. The molecule has 2 aliphatic heterocycles. The quantitative estimate of drug-likeness (QED) is 0.837. The van der Waals surface area contributed by atoms with Crippen molar-refractivity contribution in [2.75, 3.05) is 11.4 Å². The van der Waals surface area contributed by atoms with E-state index in [2.05, 4.69) is 11.4 Å². The lowest BCUT2D eigenvalue weighted by Crippen LogP contribution is -2.24. The van der Waals surface area contributed by atoms with E-state index in [1.165, 1.54) is 0 Å². The Labute approximate surface area is 126 Å². The highest BCUT2D eigenvalue weighted by atomic mass is 35.5. The number of fused-ring (bicyclic) bond motifs is 1. The summed E-state index contributed by atoms with van der Waals surface area (Å²) in [5, 5.41) is 13.1. The lowest BCUT2D eigenvalue weighted by Gasteiger charge is -2.17. The van der Waals surface area contributed by atoms with Crippen molar-refractivity contribution in [3.05, 3.63) is 63.2 Å². The predicted molar refractivity (Wildman–Crippen MR) is 79.9 cm³/mol. The summed E-state index contributed by atoms with van der Waals surface area (Å²) in [6.45, 7) is 0.588. The molecule has 1 aromatic carbocycles. The Morgan fingerprint density at radius 3 is 2.80 bits per heavy atom. The molecule has 0 atom stereocenters. The molecule has 0 radical (unpaired) electrons. The summed E-state index contributed by atoms with van der Waals surface area (Å²) in [6, 6.07) is 7.57. The van der Waals surface area contributed by atoms with E-state index in [-0.39, 0.29) is 0 Å². The van der Waals surface area contributed by atoms with Gasteiger partial charge in [0.05, 0.1) is 22.2 Å². The van der Waals surface area contributed by atoms with Gasteiger partial charge in [0.25, 0.3) is 0 Å². The summed E-state index contributed by atoms with van der Waals surface area (Å²) in [5.41, 5.74) is 9.15. The van der Waals surface area contributed by atoms with Gasteiger partial charge in [-0.3, -0.25) is 0 Å². The molecule has 2 heterocycles. The summed E-state index contributed by atoms with van der Waals surface area (Å²) < 4.78 is 0. The number of hydrogen-bond donors (Lipinski definition) is 2. The van der Waals surface area contributed by atoms with Gasteiger partial charge in [-0.2, -0.15) is 5.26 Å². The van der Waals surface area contributed by atoms with E-state index in [0.29, 0.717) is 28.0 Å². The molecular formula is C14H10Cl2N4. The normalized spacial score (nSPS) is 17.1. The van der Waals surface area contributed by atoms with Crippen LogP contribution in [0.5, 0.6) is 0 Å². The minimum Gasteiger partial charge on any atom is -0.385 e. The molecule has 0 aromatic heterocycles. The van der Waals surface area contributed by atoms with Crippen LogP contribution in [0, 0.1) is 11.3 Å². The first kappa shape index (κ1) is 12.9. The maximum absolute atomic E-state index is 9.14. The zero-order valence-electron chi connectivity index (χ0n) is 10.3. The summed E-state index contributed by atoms with van der Waals surface area (Å²) in [6.07, 6.45) is 3.51. The Morgan fingerprint density at radius 2 is 2.10 bits per heavy atom. The Bertz CT molecular complexity index is 725. The Kier molecular flexibility index (Phi) is 3.09. The van der Waals surface area contributed by atoms with Crippen LogP contribution < -0.4 is 16.0 Å². The van der Waals surface area contributed by atoms with Crippen LogP contribution in [0.3, 0.4) is 0 Å². The number of nitrogens with zero attached hydrogens (tertiary/aromatic N) is 2. The van der Waals surface area contributed by atoms with E-state index in [9.17, 15) is 0 Å². The molecule has 3 N–H and O–H groups in total. The van der Waals surface area contributed by atoms with Crippen molar-refractivity contribution < 1.29 is 0 Å². The number of nitriles is 1. The van der Waals surface area contributed by atoms with E-state index >= 15 is 0 Å². The van der Waals surface area contributed by atoms with Crippen molar-refractivity contribution in [2.24, 2.45) is 5.73 Å². The largest absolute Gasteiger partial charge is 0.385 e. The van der Waals surface area contributed by atoms with Gasteiger partial charge >= 0.3 is 0 Å². The summed E-state index contributed by atoms with van der Waals surface area (Å²) in [5.74, 6) is 0.567. The van der Waals surface area contributed by atoms with Gasteiger partial charge in [0.1, 0.15) is 11.9 Å². The summed E-state index contributed by atoms with van der Waals surface area (Å²) in [7, 11) is 0. The number of benzene rings is 1. The van der Waals surface area contributed by atoms with Crippen molar-refractivity contribution in [1.29, 1.82) is 5.26 Å². The van der Waals surface area contributed by atoms with Crippen LogP contribution in [0.1, 0.15) is 0 Å². The van der Waals surface area contributed by atoms with E-state index in [1.807, 2.05) is 17.2 Å². The maximum Gasteiger partial charge on any atom is 0.106 e. The van der Waals surface area contributed by atoms with Crippen molar-refractivity contribution in [1.82, 2.24) is 5.32 Å². The number of rotatable bonds is 1. The van der Waals surface area contributed by atoms with E-state index in [0.717, 1.165) is 16.8 Å². The molecule has 1 aromatic rings. The van der Waals surface area contributed by atoms with E-state index in [4.69, 9.17) is 34.2 Å². The van der Waals surface area contributed by atoms with Crippen molar-refractivity contribution in [3.63, 3.8) is 0 Å². The molecule has 4 nitrogen and oxygen atoms in total. The van der Waals surface area contributed by atoms with Crippen LogP contribution in [0.2, 0.25) is 10.0 Å². The van der Waals surface area contributed by atoms with Gasteiger partial charge in [0.2, 0.25) is 0 Å². The fourth-order valence-electron chi connectivity index (χ4n) is 2.23. The molecule has 0 saturated heterocycles. The maximum atomic E-state index is 9.14. The second-order valence-electron chi connectivity index (χ2n) is 4.48. The minimum absolute atomic E-state index is 0.494. The number of hydrogen-bond acceptors (Lipinski definition) is 4. The zero-order chi connectivity index (χ0) is 14.3. The second-order valence-corrected chi connectivity index (χ2v) is 5.29. The molecule has 0 spiro atoms. The van der Waals surface area contributed by atoms with Crippen molar-refractivity contribution >= 4 is 28.9 Å². The predicted octanol–water partition coefficient (Wildman–Crippen LogP) is 2.88. The average Bonchev–Trinajstić information content (AvgIpc) is 2.88. The molecule has 0 aliphatic carbocycles. The van der Waals surface area contributed by atoms with Gasteiger partial charge in [-0.15, -0.1) is 0 Å². The molecule has 0 bridgehead atoms. The lowest BCUT2D eigenvalue weighted by atomic mass is 10.0. The van der Waals surface area contributed by atoms with Crippen LogP contribution in [-0.4, -0.2) is 6.54 Å². The number of dihydropyridines is 1. The zero-order valence-corrected chi connectivity index (χ0v) is 11.8. The molecule has 3 rings (SSSR count). The average molecular weight is 305 g/mol. The Hall–Kier alpha value is -2.09. The van der Waals surface area contributed by atoms with Crippen LogP contribution in [0.25, 0.3) is 0 Å². The molecule has 100 valence electrons. The Balaban J connectivity index is 2.01.